The Balaban J connectivity index is 1.74. The van der Waals surface area contributed by atoms with E-state index in [1.54, 1.807) is 36.4 Å². The summed E-state index contributed by atoms with van der Waals surface area (Å²) >= 11 is 11.6. The largest absolute Gasteiger partial charge is 0.480 e. The Labute approximate surface area is 153 Å². The molecule has 1 N–H and O–H groups in total. The number of carbonyl (C=O) groups excluding carboxylic acids is 3. The maximum absolute atomic E-state index is 11.8. The standard InChI is InChI=1S/C17H13Cl2NO5/c18-12-6-7-14(13(19)8-12)24-10-16(22)25-9-15(21)20-17(23)11-4-2-1-3-5-11/h1-8H,9-10H2,(H,20,21,23). The summed E-state index contributed by atoms with van der Waals surface area (Å²) in [6, 6.07) is 12.7. The second-order valence-electron chi connectivity index (χ2n) is 4.77. The van der Waals surface area contributed by atoms with Gasteiger partial charge in [0.05, 0.1) is 5.02 Å². The van der Waals surface area contributed by atoms with E-state index in [4.69, 9.17) is 32.7 Å². The number of esters is 1. The molecule has 0 aliphatic rings. The fourth-order valence-electron chi connectivity index (χ4n) is 1.74. The van der Waals surface area contributed by atoms with Gasteiger partial charge in [0.25, 0.3) is 11.8 Å². The lowest BCUT2D eigenvalue weighted by atomic mass is 10.2. The molecule has 0 atom stereocenters. The van der Waals surface area contributed by atoms with E-state index in [0.717, 1.165) is 0 Å². The molecule has 0 aliphatic heterocycles. The summed E-state index contributed by atoms with van der Waals surface area (Å²) in [5.74, 6) is -1.85. The molecule has 0 aromatic heterocycles. The zero-order chi connectivity index (χ0) is 18.2. The summed E-state index contributed by atoms with van der Waals surface area (Å²) in [6.45, 7) is -1.05. The van der Waals surface area contributed by atoms with Gasteiger partial charge in [0.2, 0.25) is 0 Å². The average Bonchev–Trinajstić information content (AvgIpc) is 2.60. The quantitative estimate of drug-likeness (QED) is 0.777. The van der Waals surface area contributed by atoms with Crippen LogP contribution in [0.3, 0.4) is 0 Å². The summed E-state index contributed by atoms with van der Waals surface area (Å²) in [5, 5.41) is 2.78. The third kappa shape index (κ3) is 6.10. The minimum absolute atomic E-state index is 0.242. The van der Waals surface area contributed by atoms with Crippen molar-refractivity contribution in [2.45, 2.75) is 0 Å². The number of halogens is 2. The van der Waals surface area contributed by atoms with Gasteiger partial charge in [-0.15, -0.1) is 0 Å². The van der Waals surface area contributed by atoms with E-state index < -0.39 is 31.0 Å². The topological polar surface area (TPSA) is 81.7 Å². The van der Waals surface area contributed by atoms with E-state index in [1.165, 1.54) is 12.1 Å². The van der Waals surface area contributed by atoms with Gasteiger partial charge in [-0.3, -0.25) is 14.9 Å². The van der Waals surface area contributed by atoms with Crippen molar-refractivity contribution >= 4 is 41.0 Å². The predicted octanol–water partition coefficient (Wildman–Crippen LogP) is 2.87. The van der Waals surface area contributed by atoms with Crippen LogP contribution in [0, 0.1) is 0 Å². The van der Waals surface area contributed by atoms with Crippen LogP contribution in [0.1, 0.15) is 10.4 Å². The summed E-state index contributed by atoms with van der Waals surface area (Å²) < 4.78 is 9.90. The van der Waals surface area contributed by atoms with Crippen LogP contribution < -0.4 is 10.1 Å². The molecule has 2 aromatic rings. The van der Waals surface area contributed by atoms with Crippen LogP contribution in [0.25, 0.3) is 0 Å². The molecule has 8 heteroatoms. The lowest BCUT2D eigenvalue weighted by Crippen LogP contribution is -2.34. The lowest BCUT2D eigenvalue weighted by Gasteiger charge is -2.08. The molecule has 0 aliphatic carbocycles. The molecule has 0 spiro atoms. The predicted molar refractivity (Wildman–Crippen MR) is 91.8 cm³/mol. The zero-order valence-electron chi connectivity index (χ0n) is 12.8. The van der Waals surface area contributed by atoms with Crippen LogP contribution in [-0.2, 0) is 14.3 Å². The fourth-order valence-corrected chi connectivity index (χ4v) is 2.20. The SMILES string of the molecule is O=C(COC(=O)COc1ccc(Cl)cc1Cl)NC(=O)c1ccccc1. The molecule has 0 heterocycles. The molecule has 130 valence electrons. The smallest absolute Gasteiger partial charge is 0.344 e. The van der Waals surface area contributed by atoms with Gasteiger partial charge >= 0.3 is 5.97 Å². The van der Waals surface area contributed by atoms with Crippen LogP contribution in [0.5, 0.6) is 5.75 Å². The van der Waals surface area contributed by atoms with E-state index in [-0.39, 0.29) is 10.8 Å². The van der Waals surface area contributed by atoms with Crippen LogP contribution in [0.4, 0.5) is 0 Å². The van der Waals surface area contributed by atoms with E-state index in [9.17, 15) is 14.4 Å². The highest BCUT2D eigenvalue weighted by Crippen LogP contribution is 2.27. The van der Waals surface area contributed by atoms with Gasteiger partial charge in [-0.05, 0) is 30.3 Å². The highest BCUT2D eigenvalue weighted by molar-refractivity contribution is 6.35. The van der Waals surface area contributed by atoms with E-state index in [0.29, 0.717) is 10.6 Å². The molecule has 0 fully saturated rings. The number of carbonyl (C=O) groups is 3. The second kappa shape index (κ2) is 9.05. The molecule has 2 rings (SSSR count). The first-order valence-corrected chi connectivity index (χ1v) is 7.84. The molecule has 0 saturated carbocycles. The highest BCUT2D eigenvalue weighted by atomic mass is 35.5. The summed E-state index contributed by atoms with van der Waals surface area (Å²) in [7, 11) is 0. The molecule has 0 bridgehead atoms. The number of hydrogen-bond acceptors (Lipinski definition) is 5. The third-order valence-corrected chi connectivity index (χ3v) is 3.42. The van der Waals surface area contributed by atoms with Crippen molar-refractivity contribution in [1.82, 2.24) is 5.32 Å². The summed E-state index contributed by atoms with van der Waals surface area (Å²) in [4.78, 5) is 34.9. The molecular weight excluding hydrogens is 369 g/mol. The van der Waals surface area contributed by atoms with Crippen LogP contribution >= 0.6 is 23.2 Å². The maximum atomic E-state index is 11.8. The molecular formula is C17H13Cl2NO5. The Bertz CT molecular complexity index is 780. The van der Waals surface area contributed by atoms with Gasteiger partial charge in [-0.1, -0.05) is 41.4 Å². The molecule has 6 nitrogen and oxygen atoms in total. The Morgan fingerprint density at radius 3 is 2.36 bits per heavy atom. The maximum Gasteiger partial charge on any atom is 0.344 e. The molecule has 2 amide bonds. The average molecular weight is 382 g/mol. The van der Waals surface area contributed by atoms with Crippen molar-refractivity contribution in [3.8, 4) is 5.75 Å². The molecule has 0 unspecified atom stereocenters. The summed E-state index contributed by atoms with van der Waals surface area (Å²) in [5.41, 5.74) is 0.322. The number of ether oxygens (including phenoxy) is 2. The Hall–Kier alpha value is -2.57. The lowest BCUT2D eigenvalue weighted by molar-refractivity contribution is -0.150. The number of rotatable bonds is 6. The van der Waals surface area contributed by atoms with Gasteiger partial charge in [0, 0.05) is 10.6 Å². The Kier molecular flexibility index (Phi) is 6.80. The third-order valence-electron chi connectivity index (χ3n) is 2.89. The van der Waals surface area contributed by atoms with E-state index in [1.807, 2.05) is 0 Å². The number of hydrogen-bond donors (Lipinski definition) is 1. The number of benzene rings is 2. The van der Waals surface area contributed by atoms with Crippen molar-refractivity contribution < 1.29 is 23.9 Å². The first kappa shape index (κ1) is 18.8. The van der Waals surface area contributed by atoms with Crippen LogP contribution in [-0.4, -0.2) is 31.0 Å². The van der Waals surface area contributed by atoms with Gasteiger partial charge in [0.15, 0.2) is 13.2 Å². The number of amides is 2. The van der Waals surface area contributed by atoms with Crippen molar-refractivity contribution in [3.63, 3.8) is 0 Å². The van der Waals surface area contributed by atoms with Crippen molar-refractivity contribution in [2.75, 3.05) is 13.2 Å². The summed E-state index contributed by atoms with van der Waals surface area (Å²) in [6.07, 6.45) is 0. The highest BCUT2D eigenvalue weighted by Gasteiger charge is 2.13. The molecule has 25 heavy (non-hydrogen) atoms. The molecule has 0 radical (unpaired) electrons. The first-order valence-electron chi connectivity index (χ1n) is 7.08. The second-order valence-corrected chi connectivity index (χ2v) is 5.61. The van der Waals surface area contributed by atoms with E-state index in [2.05, 4.69) is 5.32 Å². The Morgan fingerprint density at radius 1 is 0.960 bits per heavy atom. The van der Waals surface area contributed by atoms with Crippen LogP contribution in [0.2, 0.25) is 10.0 Å². The zero-order valence-corrected chi connectivity index (χ0v) is 14.3. The van der Waals surface area contributed by atoms with Gasteiger partial charge in [-0.2, -0.15) is 0 Å². The van der Waals surface area contributed by atoms with Crippen molar-refractivity contribution in [2.24, 2.45) is 0 Å². The van der Waals surface area contributed by atoms with E-state index >= 15 is 0 Å². The minimum Gasteiger partial charge on any atom is -0.480 e. The molecule has 0 saturated heterocycles. The molecule has 2 aromatic carbocycles. The van der Waals surface area contributed by atoms with Gasteiger partial charge in [0.1, 0.15) is 5.75 Å². The van der Waals surface area contributed by atoms with Crippen molar-refractivity contribution in [3.05, 3.63) is 64.1 Å². The van der Waals surface area contributed by atoms with Gasteiger partial charge in [-0.25, -0.2) is 4.79 Å². The normalized spacial score (nSPS) is 10.0. The number of imide groups is 1. The first-order chi connectivity index (χ1) is 12.0. The monoisotopic (exact) mass is 381 g/mol. The van der Waals surface area contributed by atoms with Gasteiger partial charge < -0.3 is 9.47 Å². The van der Waals surface area contributed by atoms with Crippen LogP contribution in [0.15, 0.2) is 48.5 Å². The number of nitrogens with one attached hydrogen (secondary N) is 1. The van der Waals surface area contributed by atoms with Crippen molar-refractivity contribution in [1.29, 1.82) is 0 Å². The fraction of sp³-hybridized carbons (Fsp3) is 0.118. The Morgan fingerprint density at radius 2 is 1.68 bits per heavy atom. The minimum atomic E-state index is -0.784.